The molecule has 9 nitrogen and oxygen atoms in total. The minimum atomic E-state index is 0.310. The minimum absolute atomic E-state index is 0.310. The highest BCUT2D eigenvalue weighted by atomic mass is 32.1. The fraction of sp³-hybridized carbons (Fsp3) is 0.423. The summed E-state index contributed by atoms with van der Waals surface area (Å²) in [6, 6.07) is 14.0. The first-order chi connectivity index (χ1) is 17.6. The molecule has 0 atom stereocenters. The van der Waals surface area contributed by atoms with E-state index in [1.807, 2.05) is 18.2 Å². The van der Waals surface area contributed by atoms with Crippen LogP contribution in [-0.2, 0) is 0 Å². The Hall–Kier alpha value is -3.71. The van der Waals surface area contributed by atoms with Crippen LogP contribution in [0.3, 0.4) is 0 Å². The summed E-state index contributed by atoms with van der Waals surface area (Å²) >= 11 is 5.48. The molecule has 2 aromatic heterocycles. The summed E-state index contributed by atoms with van der Waals surface area (Å²) in [6.07, 6.45) is 10.8. The second-order valence-electron chi connectivity index (χ2n) is 9.56. The van der Waals surface area contributed by atoms with Gasteiger partial charge in [0.2, 0.25) is 5.95 Å². The number of hydrogen-bond donors (Lipinski definition) is 5. The lowest BCUT2D eigenvalue weighted by Crippen LogP contribution is -2.42. The van der Waals surface area contributed by atoms with E-state index in [2.05, 4.69) is 53.6 Å². The molecule has 2 aliphatic rings. The molecule has 5 rings (SSSR count). The number of aromatic amines is 1. The van der Waals surface area contributed by atoms with Crippen LogP contribution in [0.15, 0.2) is 42.6 Å². The predicted molar refractivity (Wildman–Crippen MR) is 145 cm³/mol. The van der Waals surface area contributed by atoms with Gasteiger partial charge >= 0.3 is 0 Å². The van der Waals surface area contributed by atoms with Gasteiger partial charge in [-0.2, -0.15) is 15.3 Å². The van der Waals surface area contributed by atoms with Crippen molar-refractivity contribution in [3.63, 3.8) is 0 Å². The van der Waals surface area contributed by atoms with Crippen LogP contribution >= 0.6 is 12.2 Å². The zero-order chi connectivity index (χ0) is 24.7. The number of nitriles is 1. The molecule has 3 aromatic rings. The van der Waals surface area contributed by atoms with Crippen LogP contribution < -0.4 is 21.3 Å². The minimum Gasteiger partial charge on any atom is -0.360 e. The Morgan fingerprint density at radius 1 is 1.00 bits per heavy atom. The van der Waals surface area contributed by atoms with Crippen LogP contribution in [-0.4, -0.2) is 37.4 Å². The number of rotatable bonds is 7. The predicted octanol–water partition coefficient (Wildman–Crippen LogP) is 5.18. The zero-order valence-corrected chi connectivity index (χ0v) is 20.9. The Bertz CT molecular complexity index is 1220. The van der Waals surface area contributed by atoms with Crippen LogP contribution in [0.5, 0.6) is 0 Å². The molecule has 2 fully saturated rings. The van der Waals surface area contributed by atoms with Crippen molar-refractivity contribution in [3.8, 4) is 6.07 Å². The number of nitrogens with one attached hydrogen (secondary N) is 5. The molecule has 36 heavy (non-hydrogen) atoms. The summed E-state index contributed by atoms with van der Waals surface area (Å²) in [5.41, 5.74) is 2.63. The molecule has 0 spiro atoms. The van der Waals surface area contributed by atoms with Gasteiger partial charge in [0.15, 0.2) is 10.9 Å². The molecule has 0 amide bonds. The van der Waals surface area contributed by atoms with Crippen molar-refractivity contribution < 1.29 is 0 Å². The summed E-state index contributed by atoms with van der Waals surface area (Å²) in [7, 11) is 0. The SMILES string of the molecule is N#Cc1cccc(NC(=S)N[C@H]2CC[C@H](Nc3nccc(Nc4cc(C5CCCC5)[nH]n4)n3)CC2)c1. The quantitative estimate of drug-likeness (QED) is 0.278. The number of aromatic nitrogens is 4. The average molecular weight is 502 g/mol. The molecule has 2 aliphatic carbocycles. The van der Waals surface area contributed by atoms with Gasteiger partial charge in [-0.25, -0.2) is 4.98 Å². The Morgan fingerprint density at radius 3 is 2.61 bits per heavy atom. The van der Waals surface area contributed by atoms with Gasteiger partial charge in [-0.05, 0) is 75.0 Å². The molecule has 186 valence electrons. The van der Waals surface area contributed by atoms with Crippen LogP contribution in [0.2, 0.25) is 0 Å². The molecule has 0 bridgehead atoms. The zero-order valence-electron chi connectivity index (χ0n) is 20.1. The molecular formula is C26H31N9S. The Kier molecular flexibility index (Phi) is 7.57. The first kappa shape index (κ1) is 24.0. The largest absolute Gasteiger partial charge is 0.360 e. The van der Waals surface area contributed by atoms with Crippen molar-refractivity contribution in [1.82, 2.24) is 25.5 Å². The Labute approximate surface area is 216 Å². The monoisotopic (exact) mass is 501 g/mol. The Morgan fingerprint density at radius 2 is 1.81 bits per heavy atom. The number of nitrogens with zero attached hydrogens (tertiary/aromatic N) is 4. The van der Waals surface area contributed by atoms with E-state index in [1.54, 1.807) is 18.3 Å². The van der Waals surface area contributed by atoms with Gasteiger partial charge in [-0.15, -0.1) is 0 Å². The van der Waals surface area contributed by atoms with Gasteiger partial charge in [-0.3, -0.25) is 5.10 Å². The van der Waals surface area contributed by atoms with Gasteiger partial charge in [0.1, 0.15) is 5.82 Å². The van der Waals surface area contributed by atoms with Crippen molar-refractivity contribution in [1.29, 1.82) is 5.26 Å². The van der Waals surface area contributed by atoms with Gasteiger partial charge in [0.05, 0.1) is 11.6 Å². The van der Waals surface area contributed by atoms with Gasteiger partial charge in [-0.1, -0.05) is 18.9 Å². The lowest BCUT2D eigenvalue weighted by Gasteiger charge is -2.30. The van der Waals surface area contributed by atoms with E-state index in [1.165, 1.54) is 31.4 Å². The fourth-order valence-electron chi connectivity index (χ4n) is 5.06. The maximum atomic E-state index is 9.06. The van der Waals surface area contributed by atoms with Crippen molar-refractivity contribution in [2.75, 3.05) is 16.0 Å². The average Bonchev–Trinajstić information content (AvgIpc) is 3.58. The normalized spacial score (nSPS) is 19.9. The number of H-pyrrole nitrogens is 1. The molecule has 1 aromatic carbocycles. The highest BCUT2D eigenvalue weighted by molar-refractivity contribution is 7.80. The van der Waals surface area contributed by atoms with E-state index in [9.17, 15) is 0 Å². The number of hydrogen-bond acceptors (Lipinski definition) is 7. The highest BCUT2D eigenvalue weighted by Gasteiger charge is 2.23. The van der Waals surface area contributed by atoms with Gasteiger partial charge in [0, 0.05) is 41.6 Å². The van der Waals surface area contributed by atoms with Crippen LogP contribution in [0.1, 0.15) is 68.5 Å². The topological polar surface area (TPSA) is 126 Å². The van der Waals surface area contributed by atoms with E-state index in [4.69, 9.17) is 17.5 Å². The summed E-state index contributed by atoms with van der Waals surface area (Å²) in [4.78, 5) is 9.05. The molecule has 2 saturated carbocycles. The maximum Gasteiger partial charge on any atom is 0.224 e. The number of anilines is 4. The van der Waals surface area contributed by atoms with E-state index in [0.717, 1.165) is 43.0 Å². The number of benzene rings is 1. The number of thiocarbonyl (C=S) groups is 1. The fourth-order valence-corrected chi connectivity index (χ4v) is 5.34. The summed E-state index contributed by atoms with van der Waals surface area (Å²) in [6.45, 7) is 0. The summed E-state index contributed by atoms with van der Waals surface area (Å²) < 4.78 is 0. The van der Waals surface area contributed by atoms with E-state index in [0.29, 0.717) is 34.6 Å². The van der Waals surface area contributed by atoms with Crippen LogP contribution in [0.4, 0.5) is 23.3 Å². The summed E-state index contributed by atoms with van der Waals surface area (Å²) in [5.74, 6) is 2.74. The van der Waals surface area contributed by atoms with Crippen LogP contribution in [0, 0.1) is 11.3 Å². The van der Waals surface area contributed by atoms with E-state index in [-0.39, 0.29) is 0 Å². The molecule has 0 saturated heterocycles. The Balaban J connectivity index is 1.08. The van der Waals surface area contributed by atoms with Gasteiger partial charge in [0.25, 0.3) is 0 Å². The van der Waals surface area contributed by atoms with Gasteiger partial charge < -0.3 is 21.3 Å². The lowest BCUT2D eigenvalue weighted by molar-refractivity contribution is 0.387. The third kappa shape index (κ3) is 6.29. The molecule has 0 aliphatic heterocycles. The maximum absolute atomic E-state index is 9.06. The molecule has 0 unspecified atom stereocenters. The molecule has 2 heterocycles. The highest BCUT2D eigenvalue weighted by Crippen LogP contribution is 2.34. The molecule has 5 N–H and O–H groups in total. The first-order valence-electron chi connectivity index (χ1n) is 12.6. The van der Waals surface area contributed by atoms with Crippen molar-refractivity contribution in [2.45, 2.75) is 69.4 Å². The third-order valence-corrected chi connectivity index (χ3v) is 7.17. The molecule has 10 heteroatoms. The van der Waals surface area contributed by atoms with E-state index >= 15 is 0 Å². The lowest BCUT2D eigenvalue weighted by atomic mass is 9.91. The second-order valence-corrected chi connectivity index (χ2v) is 9.97. The smallest absolute Gasteiger partial charge is 0.224 e. The second kappa shape index (κ2) is 11.4. The summed E-state index contributed by atoms with van der Waals surface area (Å²) in [5, 5.41) is 30.6. The molecular weight excluding hydrogens is 470 g/mol. The first-order valence-corrected chi connectivity index (χ1v) is 13.0. The third-order valence-electron chi connectivity index (χ3n) is 6.95. The van der Waals surface area contributed by atoms with E-state index < -0.39 is 0 Å². The van der Waals surface area contributed by atoms with Crippen molar-refractivity contribution >= 4 is 40.6 Å². The standard InChI is InChI=1S/C26H31N9S/c27-16-17-4-3-7-21(14-17)31-26(36)30-20-10-8-19(9-11-20)29-25-28-13-12-23(33-25)32-24-15-22(34-35-24)18-5-1-2-6-18/h3-4,7,12-15,18-20H,1-2,5-6,8-11H2,(H2,30,31,36)(H3,28,29,32,33,34,35)/t19-,20-. The van der Waals surface area contributed by atoms with Crippen molar-refractivity contribution in [2.24, 2.45) is 0 Å². The molecule has 0 radical (unpaired) electrons. The van der Waals surface area contributed by atoms with Crippen LogP contribution in [0.25, 0.3) is 0 Å². The van der Waals surface area contributed by atoms with Crippen molar-refractivity contribution in [3.05, 3.63) is 53.9 Å².